The molecule has 0 radical (unpaired) electrons. The van der Waals surface area contributed by atoms with Gasteiger partial charge in [0.2, 0.25) is 0 Å². The molecule has 0 fully saturated rings. The lowest BCUT2D eigenvalue weighted by Gasteiger charge is -2.16. The molecule has 0 amide bonds. The first-order chi connectivity index (χ1) is 8.60. The third-order valence-electron chi connectivity index (χ3n) is 2.78. The molecule has 0 aliphatic carbocycles. The molecule has 2 aromatic rings. The smallest absolute Gasteiger partial charge is 0.0727 e. The third kappa shape index (κ3) is 2.88. The Labute approximate surface area is 112 Å². The first kappa shape index (κ1) is 13.0. The highest BCUT2D eigenvalue weighted by Crippen LogP contribution is 2.26. The van der Waals surface area contributed by atoms with Gasteiger partial charge < -0.3 is 11.1 Å². The van der Waals surface area contributed by atoms with Crippen molar-refractivity contribution in [2.24, 2.45) is 0 Å². The van der Waals surface area contributed by atoms with Crippen LogP contribution < -0.4 is 11.1 Å². The van der Waals surface area contributed by atoms with Crippen molar-refractivity contribution in [3.8, 4) is 0 Å². The predicted molar refractivity (Wildman–Crippen MR) is 82.4 cm³/mol. The van der Waals surface area contributed by atoms with Crippen LogP contribution in [0.2, 0.25) is 0 Å². The Kier molecular flexibility index (Phi) is 3.97. The Balaban J connectivity index is 2.44. The maximum absolute atomic E-state index is 5.86. The number of hydrogen-bond acceptors (Lipinski definition) is 4. The molecule has 1 aromatic carbocycles. The second-order valence-electron chi connectivity index (χ2n) is 4.59. The highest BCUT2D eigenvalue weighted by Gasteiger charge is 2.07. The second-order valence-corrected chi connectivity index (χ2v) is 5.50. The van der Waals surface area contributed by atoms with E-state index in [2.05, 4.69) is 29.5 Å². The normalized spacial score (nSPS) is 12.6. The van der Waals surface area contributed by atoms with Crippen LogP contribution in [0.25, 0.3) is 10.9 Å². The minimum Gasteiger partial charge on any atom is -0.399 e. The average molecular weight is 261 g/mol. The van der Waals surface area contributed by atoms with Gasteiger partial charge in [-0.3, -0.25) is 4.98 Å². The Morgan fingerprint density at radius 3 is 2.89 bits per heavy atom. The van der Waals surface area contributed by atoms with Crippen LogP contribution in [0.15, 0.2) is 24.3 Å². The van der Waals surface area contributed by atoms with Gasteiger partial charge in [0.25, 0.3) is 0 Å². The van der Waals surface area contributed by atoms with Crippen LogP contribution in [-0.2, 0) is 0 Å². The second kappa shape index (κ2) is 5.48. The van der Waals surface area contributed by atoms with E-state index in [4.69, 9.17) is 5.73 Å². The Morgan fingerprint density at radius 2 is 2.17 bits per heavy atom. The van der Waals surface area contributed by atoms with Crippen LogP contribution in [0.4, 0.5) is 11.4 Å². The van der Waals surface area contributed by atoms with Crippen molar-refractivity contribution in [2.45, 2.75) is 19.9 Å². The number of pyridine rings is 1. The lowest BCUT2D eigenvalue weighted by Crippen LogP contribution is -2.18. The zero-order valence-electron chi connectivity index (χ0n) is 11.0. The molecule has 18 heavy (non-hydrogen) atoms. The number of anilines is 2. The third-order valence-corrected chi connectivity index (χ3v) is 3.61. The highest BCUT2D eigenvalue weighted by atomic mass is 32.2. The summed E-state index contributed by atoms with van der Waals surface area (Å²) in [6.45, 7) is 4.20. The number of nitrogen functional groups attached to an aromatic ring is 1. The summed E-state index contributed by atoms with van der Waals surface area (Å²) in [5.41, 5.74) is 9.76. The van der Waals surface area contributed by atoms with Crippen molar-refractivity contribution in [1.29, 1.82) is 0 Å². The fourth-order valence-electron chi connectivity index (χ4n) is 2.05. The predicted octanol–water partition coefficient (Wildman–Crippen LogP) is 3.29. The lowest BCUT2D eigenvalue weighted by molar-refractivity contribution is 0.915. The number of nitrogens with two attached hydrogens (primary N) is 1. The number of thioether (sulfide) groups is 1. The van der Waals surface area contributed by atoms with Crippen LogP contribution in [0, 0.1) is 6.92 Å². The molecule has 1 heterocycles. The summed E-state index contributed by atoms with van der Waals surface area (Å²) < 4.78 is 0. The molecule has 0 saturated carbocycles. The van der Waals surface area contributed by atoms with Gasteiger partial charge in [0.15, 0.2) is 0 Å². The molecule has 1 unspecified atom stereocenters. The number of nitrogens with one attached hydrogen (secondary N) is 1. The fraction of sp³-hybridized carbons (Fsp3) is 0.357. The van der Waals surface area contributed by atoms with Gasteiger partial charge in [-0.25, -0.2) is 0 Å². The van der Waals surface area contributed by atoms with E-state index in [1.54, 1.807) is 0 Å². The summed E-state index contributed by atoms with van der Waals surface area (Å²) in [5.74, 6) is 1.07. The lowest BCUT2D eigenvalue weighted by atomic mass is 10.1. The standard InChI is InChI=1S/C14H19N3S/c1-9-6-14(17-10(2)8-18-3)12-7-11(15)4-5-13(12)16-9/h4-7,10H,8,15H2,1-3H3,(H,16,17). The summed E-state index contributed by atoms with van der Waals surface area (Å²) in [5, 5.41) is 4.63. The first-order valence-electron chi connectivity index (χ1n) is 6.02. The molecule has 2 rings (SSSR count). The largest absolute Gasteiger partial charge is 0.399 e. The summed E-state index contributed by atoms with van der Waals surface area (Å²) >= 11 is 1.84. The molecule has 1 aromatic heterocycles. The quantitative estimate of drug-likeness (QED) is 0.829. The van der Waals surface area contributed by atoms with E-state index in [1.165, 1.54) is 0 Å². The number of rotatable bonds is 4. The molecular formula is C14H19N3S. The van der Waals surface area contributed by atoms with Crippen molar-refractivity contribution in [3.63, 3.8) is 0 Å². The van der Waals surface area contributed by atoms with Crippen molar-refractivity contribution in [1.82, 2.24) is 4.98 Å². The zero-order chi connectivity index (χ0) is 13.1. The molecular weight excluding hydrogens is 242 g/mol. The molecule has 0 bridgehead atoms. The van der Waals surface area contributed by atoms with E-state index in [9.17, 15) is 0 Å². The minimum absolute atomic E-state index is 0.423. The number of fused-ring (bicyclic) bond motifs is 1. The molecule has 0 aliphatic rings. The molecule has 0 saturated heterocycles. The summed E-state index contributed by atoms with van der Waals surface area (Å²) in [7, 11) is 0. The molecule has 96 valence electrons. The number of benzene rings is 1. The van der Waals surface area contributed by atoms with Gasteiger partial charge in [-0.1, -0.05) is 0 Å². The SMILES string of the molecule is CSCC(C)Nc1cc(C)nc2ccc(N)cc12. The first-order valence-corrected chi connectivity index (χ1v) is 7.42. The Morgan fingerprint density at radius 1 is 1.39 bits per heavy atom. The zero-order valence-corrected chi connectivity index (χ0v) is 11.8. The van der Waals surface area contributed by atoms with Gasteiger partial charge >= 0.3 is 0 Å². The molecule has 1 atom stereocenters. The Hall–Kier alpha value is -1.42. The van der Waals surface area contributed by atoms with Crippen molar-refractivity contribution in [2.75, 3.05) is 23.1 Å². The molecule has 0 aliphatic heterocycles. The fourth-order valence-corrected chi connectivity index (χ4v) is 2.64. The van der Waals surface area contributed by atoms with Gasteiger partial charge in [-0.15, -0.1) is 0 Å². The number of aromatic nitrogens is 1. The van der Waals surface area contributed by atoms with E-state index in [-0.39, 0.29) is 0 Å². The average Bonchev–Trinajstić information content (AvgIpc) is 2.30. The van der Waals surface area contributed by atoms with Crippen LogP contribution in [-0.4, -0.2) is 23.0 Å². The summed E-state index contributed by atoms with van der Waals surface area (Å²) in [4.78, 5) is 4.53. The summed E-state index contributed by atoms with van der Waals surface area (Å²) in [6, 6.07) is 8.35. The van der Waals surface area contributed by atoms with Gasteiger partial charge in [0.05, 0.1) is 5.52 Å². The van der Waals surface area contributed by atoms with Crippen molar-refractivity contribution >= 4 is 34.0 Å². The Bertz CT molecular complexity index is 554. The van der Waals surface area contributed by atoms with E-state index in [1.807, 2.05) is 36.9 Å². The van der Waals surface area contributed by atoms with Crippen molar-refractivity contribution < 1.29 is 0 Å². The van der Waals surface area contributed by atoms with Crippen LogP contribution in [0.1, 0.15) is 12.6 Å². The van der Waals surface area contributed by atoms with Crippen LogP contribution in [0.5, 0.6) is 0 Å². The van der Waals surface area contributed by atoms with E-state index in [0.717, 1.165) is 33.7 Å². The monoisotopic (exact) mass is 261 g/mol. The van der Waals surface area contributed by atoms with Gasteiger partial charge in [0.1, 0.15) is 0 Å². The highest BCUT2D eigenvalue weighted by molar-refractivity contribution is 7.98. The van der Waals surface area contributed by atoms with E-state index >= 15 is 0 Å². The van der Waals surface area contributed by atoms with Crippen molar-refractivity contribution in [3.05, 3.63) is 30.0 Å². The number of hydrogen-bond donors (Lipinski definition) is 2. The minimum atomic E-state index is 0.423. The molecule has 3 nitrogen and oxygen atoms in total. The number of aryl methyl sites for hydroxylation is 1. The topological polar surface area (TPSA) is 50.9 Å². The van der Waals surface area contributed by atoms with E-state index in [0.29, 0.717) is 6.04 Å². The van der Waals surface area contributed by atoms with Gasteiger partial charge in [-0.05, 0) is 44.4 Å². The summed E-state index contributed by atoms with van der Waals surface area (Å²) in [6.07, 6.45) is 2.12. The molecule has 0 spiro atoms. The molecule has 3 N–H and O–H groups in total. The van der Waals surface area contributed by atoms with Gasteiger partial charge in [0, 0.05) is 34.2 Å². The maximum Gasteiger partial charge on any atom is 0.0727 e. The van der Waals surface area contributed by atoms with Gasteiger partial charge in [-0.2, -0.15) is 11.8 Å². The molecule has 4 heteroatoms. The number of nitrogens with zero attached hydrogens (tertiary/aromatic N) is 1. The maximum atomic E-state index is 5.86. The van der Waals surface area contributed by atoms with E-state index < -0.39 is 0 Å². The van der Waals surface area contributed by atoms with Crippen LogP contribution >= 0.6 is 11.8 Å². The van der Waals surface area contributed by atoms with Crippen LogP contribution in [0.3, 0.4) is 0 Å².